The monoisotopic (exact) mass is 536 g/mol. The second kappa shape index (κ2) is 30.2. The van der Waals surface area contributed by atoms with Crippen LogP contribution in [0.1, 0.15) is 181 Å². The molecule has 1 atom stereocenters. The van der Waals surface area contributed by atoms with Crippen molar-refractivity contribution in [1.82, 2.24) is 0 Å². The molecule has 0 aliphatic heterocycles. The number of unbranched alkanes of at least 4 members (excludes halogenated alkanes) is 21. The van der Waals surface area contributed by atoms with Gasteiger partial charge in [0, 0.05) is 0 Å². The Labute approximate surface area is 236 Å². The van der Waals surface area contributed by atoms with Gasteiger partial charge >= 0.3 is 11.9 Å². The van der Waals surface area contributed by atoms with Crippen molar-refractivity contribution < 1.29 is 19.4 Å². The van der Waals surface area contributed by atoms with Crippen molar-refractivity contribution in [3.05, 3.63) is 12.2 Å². The number of hydrogen-bond donors (Lipinski definition) is 1. The predicted molar refractivity (Wildman–Crippen MR) is 163 cm³/mol. The minimum atomic E-state index is -0.925. The summed E-state index contributed by atoms with van der Waals surface area (Å²) in [4.78, 5) is 23.0. The van der Waals surface area contributed by atoms with E-state index in [-0.39, 0.29) is 12.4 Å². The van der Waals surface area contributed by atoms with Gasteiger partial charge in [0.1, 0.15) is 0 Å². The number of hydrogen-bond acceptors (Lipinski definition) is 3. The summed E-state index contributed by atoms with van der Waals surface area (Å²) < 4.78 is 5.15. The van der Waals surface area contributed by atoms with E-state index in [1.165, 1.54) is 122 Å². The maximum atomic E-state index is 12.0. The molecule has 0 aromatic heterocycles. The molecule has 0 bridgehead atoms. The lowest BCUT2D eigenvalue weighted by molar-refractivity contribution is -0.153. The predicted octanol–water partition coefficient (Wildman–Crippen LogP) is 11.0. The van der Waals surface area contributed by atoms with Gasteiger partial charge in [-0.1, -0.05) is 148 Å². The van der Waals surface area contributed by atoms with Gasteiger partial charge in [-0.25, -0.2) is 0 Å². The molecule has 0 saturated carbocycles. The molecule has 0 aliphatic carbocycles. The van der Waals surface area contributed by atoms with Crippen molar-refractivity contribution in [2.24, 2.45) is 5.92 Å². The fourth-order valence-electron chi connectivity index (χ4n) is 5.06. The third-order valence-corrected chi connectivity index (χ3v) is 7.52. The Bertz CT molecular complexity index is 543. The highest BCUT2D eigenvalue weighted by molar-refractivity contribution is 5.79. The quantitative estimate of drug-likeness (QED) is 0.0563. The number of ether oxygens (including phenoxy) is 1. The molecule has 0 heterocycles. The van der Waals surface area contributed by atoms with E-state index in [1.54, 1.807) is 0 Å². The molecule has 4 nitrogen and oxygen atoms in total. The highest BCUT2D eigenvalue weighted by atomic mass is 16.5. The number of carbonyl (C=O) groups is 2. The number of allylic oxidation sites excluding steroid dienone is 2. The fourth-order valence-corrected chi connectivity index (χ4v) is 5.06. The topological polar surface area (TPSA) is 63.6 Å². The van der Waals surface area contributed by atoms with Crippen LogP contribution in [0.5, 0.6) is 0 Å². The molecule has 0 aromatic carbocycles. The normalized spacial score (nSPS) is 12.3. The number of carboxylic acid groups (broad SMARTS) is 1. The van der Waals surface area contributed by atoms with Crippen molar-refractivity contribution in [1.29, 1.82) is 0 Å². The van der Waals surface area contributed by atoms with E-state index in [4.69, 9.17) is 9.84 Å². The van der Waals surface area contributed by atoms with Gasteiger partial charge in [0.15, 0.2) is 0 Å². The van der Waals surface area contributed by atoms with Crippen molar-refractivity contribution in [2.45, 2.75) is 181 Å². The lowest BCUT2D eigenvalue weighted by atomic mass is 9.97. The first-order valence-electron chi connectivity index (χ1n) is 16.6. The molecule has 4 heteroatoms. The second-order valence-electron chi connectivity index (χ2n) is 11.4. The fraction of sp³-hybridized carbons (Fsp3) is 0.882. The third-order valence-electron chi connectivity index (χ3n) is 7.52. The molecule has 0 radical (unpaired) electrons. The molecule has 1 unspecified atom stereocenters. The third kappa shape index (κ3) is 27.7. The minimum Gasteiger partial charge on any atom is -0.481 e. The molecule has 0 spiro atoms. The van der Waals surface area contributed by atoms with Crippen LogP contribution in [0.3, 0.4) is 0 Å². The number of aliphatic carboxylic acids is 1. The maximum Gasteiger partial charge on any atom is 0.309 e. The van der Waals surface area contributed by atoms with Crippen LogP contribution in [0.25, 0.3) is 0 Å². The zero-order valence-corrected chi connectivity index (χ0v) is 25.5. The van der Waals surface area contributed by atoms with Crippen molar-refractivity contribution in [3.63, 3.8) is 0 Å². The average molecular weight is 537 g/mol. The summed E-state index contributed by atoms with van der Waals surface area (Å²) in [5.74, 6) is -1.77. The van der Waals surface area contributed by atoms with E-state index in [0.717, 1.165) is 32.1 Å². The van der Waals surface area contributed by atoms with E-state index in [0.29, 0.717) is 13.0 Å². The first-order chi connectivity index (χ1) is 18.6. The van der Waals surface area contributed by atoms with E-state index in [2.05, 4.69) is 19.1 Å². The van der Waals surface area contributed by atoms with E-state index < -0.39 is 11.9 Å². The molecule has 0 rings (SSSR count). The zero-order chi connectivity index (χ0) is 27.9. The van der Waals surface area contributed by atoms with Crippen LogP contribution in [0, 0.1) is 5.92 Å². The van der Waals surface area contributed by atoms with E-state index >= 15 is 0 Å². The van der Waals surface area contributed by atoms with Crippen LogP contribution in [-0.4, -0.2) is 23.7 Å². The molecular weight excluding hydrogens is 472 g/mol. The number of rotatable bonds is 30. The summed E-state index contributed by atoms with van der Waals surface area (Å²) in [6.07, 6.45) is 36.6. The standard InChI is InChI=1S/C34H64O4/c1-3-5-6-7-8-9-10-11-12-13-14-15-16-17-18-19-20-21-22-23-24-25-26-27-28-29-32(31-33(35)36)34(37)38-30-4-2/h23-24,32H,3-22,25-31H2,1-2H3,(H,35,36)/b24-23+. The lowest BCUT2D eigenvalue weighted by Crippen LogP contribution is -2.21. The smallest absolute Gasteiger partial charge is 0.309 e. The Morgan fingerprint density at radius 1 is 0.579 bits per heavy atom. The second-order valence-corrected chi connectivity index (χ2v) is 11.4. The van der Waals surface area contributed by atoms with Crippen molar-refractivity contribution in [3.8, 4) is 0 Å². The Morgan fingerprint density at radius 2 is 0.974 bits per heavy atom. The van der Waals surface area contributed by atoms with Crippen molar-refractivity contribution in [2.75, 3.05) is 6.61 Å². The van der Waals surface area contributed by atoms with Gasteiger partial charge in [-0.15, -0.1) is 0 Å². The van der Waals surface area contributed by atoms with Gasteiger partial charge in [-0.05, 0) is 38.5 Å². The molecule has 224 valence electrons. The Kier molecular flexibility index (Phi) is 29.2. The maximum absolute atomic E-state index is 12.0. The SMILES string of the molecule is CCCCCCCCCCCCCCCCCCCC/C=C/CCCCCC(CC(=O)O)C(=O)OCCC. The Balaban J connectivity index is 3.38. The highest BCUT2D eigenvalue weighted by Gasteiger charge is 2.22. The summed E-state index contributed by atoms with van der Waals surface area (Å²) in [6.45, 7) is 4.60. The zero-order valence-electron chi connectivity index (χ0n) is 25.5. The van der Waals surface area contributed by atoms with Crippen LogP contribution < -0.4 is 0 Å². The number of esters is 1. The molecule has 1 N–H and O–H groups in total. The van der Waals surface area contributed by atoms with Gasteiger partial charge in [0.25, 0.3) is 0 Å². The summed E-state index contributed by atoms with van der Waals surface area (Å²) >= 11 is 0. The average Bonchev–Trinajstić information content (AvgIpc) is 2.90. The lowest BCUT2D eigenvalue weighted by Gasteiger charge is -2.13. The Morgan fingerprint density at radius 3 is 1.37 bits per heavy atom. The van der Waals surface area contributed by atoms with Crippen LogP contribution in [0.4, 0.5) is 0 Å². The summed E-state index contributed by atoms with van der Waals surface area (Å²) in [5.41, 5.74) is 0. The molecule has 0 aromatic rings. The van der Waals surface area contributed by atoms with Crippen LogP contribution in [0.2, 0.25) is 0 Å². The summed E-state index contributed by atoms with van der Waals surface area (Å²) in [5, 5.41) is 9.03. The van der Waals surface area contributed by atoms with Crippen LogP contribution in [0.15, 0.2) is 12.2 Å². The van der Waals surface area contributed by atoms with Gasteiger partial charge < -0.3 is 9.84 Å². The van der Waals surface area contributed by atoms with Crippen LogP contribution in [-0.2, 0) is 14.3 Å². The minimum absolute atomic E-state index is 0.123. The highest BCUT2D eigenvalue weighted by Crippen LogP contribution is 2.18. The number of carbonyl (C=O) groups excluding carboxylic acids is 1. The van der Waals surface area contributed by atoms with Crippen LogP contribution >= 0.6 is 0 Å². The Hall–Kier alpha value is -1.32. The van der Waals surface area contributed by atoms with E-state index in [1.807, 2.05) is 6.92 Å². The van der Waals surface area contributed by atoms with Gasteiger partial charge in [-0.3, -0.25) is 9.59 Å². The molecule has 38 heavy (non-hydrogen) atoms. The molecular formula is C34H64O4. The molecule has 0 aliphatic rings. The summed E-state index contributed by atoms with van der Waals surface area (Å²) in [6, 6.07) is 0. The van der Waals surface area contributed by atoms with Gasteiger partial charge in [0.2, 0.25) is 0 Å². The summed E-state index contributed by atoms with van der Waals surface area (Å²) in [7, 11) is 0. The van der Waals surface area contributed by atoms with Crippen molar-refractivity contribution >= 4 is 11.9 Å². The van der Waals surface area contributed by atoms with Gasteiger partial charge in [0.05, 0.1) is 18.9 Å². The first-order valence-corrected chi connectivity index (χ1v) is 16.6. The van der Waals surface area contributed by atoms with Gasteiger partial charge in [-0.2, -0.15) is 0 Å². The largest absolute Gasteiger partial charge is 0.481 e. The molecule has 0 amide bonds. The first kappa shape index (κ1) is 36.7. The molecule has 0 fully saturated rings. The number of carboxylic acids is 1. The molecule has 0 saturated heterocycles. The van der Waals surface area contributed by atoms with E-state index in [9.17, 15) is 9.59 Å².